The molecule has 17 heavy (non-hydrogen) atoms. The van der Waals surface area contributed by atoms with Crippen molar-refractivity contribution in [3.8, 4) is 5.75 Å². The fourth-order valence-corrected chi connectivity index (χ4v) is 2.11. The Morgan fingerprint density at radius 2 is 1.41 bits per heavy atom. The van der Waals surface area contributed by atoms with Gasteiger partial charge >= 0.3 is 0 Å². The van der Waals surface area contributed by atoms with E-state index < -0.39 is 0 Å². The molecule has 0 fully saturated rings. The molecule has 0 radical (unpaired) electrons. The Hall–Kier alpha value is -1.38. The molecule has 0 spiro atoms. The van der Waals surface area contributed by atoms with Gasteiger partial charge < -0.3 is 14.9 Å². The SMILES string of the molecule is CCN(CC)c1ccc(O)c(N(CC)CC)c1. The molecule has 0 aliphatic carbocycles. The summed E-state index contributed by atoms with van der Waals surface area (Å²) in [5.41, 5.74) is 2.11. The summed E-state index contributed by atoms with van der Waals surface area (Å²) >= 11 is 0. The normalized spacial score (nSPS) is 10.4. The highest BCUT2D eigenvalue weighted by atomic mass is 16.3. The van der Waals surface area contributed by atoms with Gasteiger partial charge in [0.25, 0.3) is 0 Å². The van der Waals surface area contributed by atoms with E-state index in [1.165, 1.54) is 5.69 Å². The van der Waals surface area contributed by atoms with Gasteiger partial charge in [0.2, 0.25) is 0 Å². The van der Waals surface area contributed by atoms with Gasteiger partial charge in [0.15, 0.2) is 0 Å². The zero-order chi connectivity index (χ0) is 12.8. The molecule has 0 amide bonds. The summed E-state index contributed by atoms with van der Waals surface area (Å²) in [7, 11) is 0. The fourth-order valence-electron chi connectivity index (χ4n) is 2.11. The lowest BCUT2D eigenvalue weighted by Crippen LogP contribution is -2.24. The molecule has 0 aliphatic rings. The predicted octanol–water partition coefficient (Wildman–Crippen LogP) is 3.08. The van der Waals surface area contributed by atoms with E-state index in [0.717, 1.165) is 31.9 Å². The highest BCUT2D eigenvalue weighted by Gasteiger charge is 2.10. The van der Waals surface area contributed by atoms with Crippen molar-refractivity contribution in [1.29, 1.82) is 0 Å². The van der Waals surface area contributed by atoms with Gasteiger partial charge in [-0.15, -0.1) is 0 Å². The van der Waals surface area contributed by atoms with Crippen molar-refractivity contribution in [3.05, 3.63) is 18.2 Å². The average Bonchev–Trinajstić information content (AvgIpc) is 2.35. The summed E-state index contributed by atoms with van der Waals surface area (Å²) in [6.45, 7) is 12.3. The molecular weight excluding hydrogens is 212 g/mol. The van der Waals surface area contributed by atoms with Crippen LogP contribution in [-0.2, 0) is 0 Å². The van der Waals surface area contributed by atoms with E-state index in [0.29, 0.717) is 5.75 Å². The van der Waals surface area contributed by atoms with Crippen LogP contribution in [0.15, 0.2) is 18.2 Å². The van der Waals surface area contributed by atoms with Crippen molar-refractivity contribution in [2.75, 3.05) is 36.0 Å². The van der Waals surface area contributed by atoms with Crippen LogP contribution in [0.4, 0.5) is 11.4 Å². The van der Waals surface area contributed by atoms with Crippen LogP contribution in [-0.4, -0.2) is 31.3 Å². The predicted molar refractivity (Wildman–Crippen MR) is 75.2 cm³/mol. The molecule has 0 heterocycles. The number of nitrogens with zero attached hydrogens (tertiary/aromatic N) is 2. The van der Waals surface area contributed by atoms with Crippen molar-refractivity contribution in [1.82, 2.24) is 0 Å². The molecule has 0 bridgehead atoms. The van der Waals surface area contributed by atoms with Crippen LogP contribution < -0.4 is 9.80 Å². The standard InChI is InChI=1S/C14H24N2O/c1-5-15(6-2)12-9-10-14(17)13(11-12)16(7-3)8-4/h9-11,17H,5-8H2,1-4H3. The Morgan fingerprint density at radius 3 is 1.88 bits per heavy atom. The largest absolute Gasteiger partial charge is 0.506 e. The molecule has 1 rings (SSSR count). The Morgan fingerprint density at radius 1 is 0.882 bits per heavy atom. The maximum absolute atomic E-state index is 9.93. The highest BCUT2D eigenvalue weighted by molar-refractivity contribution is 5.66. The fraction of sp³-hybridized carbons (Fsp3) is 0.571. The Labute approximate surface area is 105 Å². The molecule has 1 N–H and O–H groups in total. The van der Waals surface area contributed by atoms with E-state index in [2.05, 4.69) is 43.6 Å². The molecule has 0 aromatic heterocycles. The third kappa shape index (κ3) is 3.05. The molecule has 0 atom stereocenters. The summed E-state index contributed by atoms with van der Waals surface area (Å²) in [5.74, 6) is 0.365. The second kappa shape index (κ2) is 6.38. The van der Waals surface area contributed by atoms with Crippen LogP contribution in [0.1, 0.15) is 27.7 Å². The van der Waals surface area contributed by atoms with Crippen molar-refractivity contribution in [2.45, 2.75) is 27.7 Å². The number of benzene rings is 1. The minimum Gasteiger partial charge on any atom is -0.506 e. The van der Waals surface area contributed by atoms with Crippen LogP contribution in [0.2, 0.25) is 0 Å². The third-order valence-electron chi connectivity index (χ3n) is 3.19. The lowest BCUT2D eigenvalue weighted by Gasteiger charge is -2.26. The number of phenolic OH excluding ortho intramolecular Hbond substituents is 1. The monoisotopic (exact) mass is 236 g/mol. The third-order valence-corrected chi connectivity index (χ3v) is 3.19. The second-order valence-electron chi connectivity index (χ2n) is 4.02. The quantitative estimate of drug-likeness (QED) is 0.822. The molecular formula is C14H24N2O. The van der Waals surface area contributed by atoms with E-state index in [9.17, 15) is 5.11 Å². The zero-order valence-corrected chi connectivity index (χ0v) is 11.4. The number of hydrogen-bond donors (Lipinski definition) is 1. The summed E-state index contributed by atoms with van der Waals surface area (Å²) < 4.78 is 0. The van der Waals surface area contributed by atoms with E-state index in [1.807, 2.05) is 6.07 Å². The first-order chi connectivity index (χ1) is 8.17. The van der Waals surface area contributed by atoms with Crippen molar-refractivity contribution < 1.29 is 5.11 Å². The first-order valence-electron chi connectivity index (χ1n) is 6.50. The second-order valence-corrected chi connectivity index (χ2v) is 4.02. The first kappa shape index (κ1) is 13.7. The smallest absolute Gasteiger partial charge is 0.139 e. The lowest BCUT2D eigenvalue weighted by molar-refractivity contribution is 0.474. The molecule has 0 aliphatic heterocycles. The van der Waals surface area contributed by atoms with Gasteiger partial charge in [-0.05, 0) is 45.9 Å². The van der Waals surface area contributed by atoms with Crippen molar-refractivity contribution in [3.63, 3.8) is 0 Å². The number of phenols is 1. The molecule has 3 nitrogen and oxygen atoms in total. The Bertz CT molecular complexity index is 344. The van der Waals surface area contributed by atoms with E-state index >= 15 is 0 Å². The van der Waals surface area contributed by atoms with Crippen LogP contribution in [0.5, 0.6) is 5.75 Å². The molecule has 0 unspecified atom stereocenters. The van der Waals surface area contributed by atoms with Crippen molar-refractivity contribution in [2.24, 2.45) is 0 Å². The molecule has 3 heteroatoms. The van der Waals surface area contributed by atoms with Gasteiger partial charge in [-0.3, -0.25) is 0 Å². The van der Waals surface area contributed by atoms with Gasteiger partial charge in [0.05, 0.1) is 5.69 Å². The summed E-state index contributed by atoms with van der Waals surface area (Å²) in [6, 6.07) is 5.85. The number of aromatic hydroxyl groups is 1. The molecule has 1 aromatic rings. The van der Waals surface area contributed by atoms with Crippen molar-refractivity contribution >= 4 is 11.4 Å². The summed E-state index contributed by atoms with van der Waals surface area (Å²) in [6.07, 6.45) is 0. The van der Waals surface area contributed by atoms with Crippen LogP contribution in [0.25, 0.3) is 0 Å². The Kier molecular flexibility index (Phi) is 5.13. The van der Waals surface area contributed by atoms with Crippen LogP contribution >= 0.6 is 0 Å². The number of rotatable bonds is 6. The Balaban J connectivity index is 3.09. The maximum atomic E-state index is 9.93. The summed E-state index contributed by atoms with van der Waals surface area (Å²) in [5, 5.41) is 9.93. The van der Waals surface area contributed by atoms with Gasteiger partial charge in [-0.2, -0.15) is 0 Å². The van der Waals surface area contributed by atoms with Crippen LogP contribution in [0, 0.1) is 0 Å². The highest BCUT2D eigenvalue weighted by Crippen LogP contribution is 2.31. The number of hydrogen-bond acceptors (Lipinski definition) is 3. The topological polar surface area (TPSA) is 26.7 Å². The van der Waals surface area contributed by atoms with Gasteiger partial charge in [0, 0.05) is 31.9 Å². The zero-order valence-electron chi connectivity index (χ0n) is 11.4. The molecule has 0 saturated carbocycles. The van der Waals surface area contributed by atoms with Gasteiger partial charge in [-0.1, -0.05) is 0 Å². The van der Waals surface area contributed by atoms with E-state index in [1.54, 1.807) is 6.07 Å². The average molecular weight is 236 g/mol. The molecule has 1 aromatic carbocycles. The lowest BCUT2D eigenvalue weighted by atomic mass is 10.2. The van der Waals surface area contributed by atoms with E-state index in [-0.39, 0.29) is 0 Å². The molecule has 0 saturated heterocycles. The minimum absolute atomic E-state index is 0.365. The summed E-state index contributed by atoms with van der Waals surface area (Å²) in [4.78, 5) is 4.45. The number of anilines is 2. The van der Waals surface area contributed by atoms with Gasteiger partial charge in [0.1, 0.15) is 5.75 Å². The minimum atomic E-state index is 0.365. The first-order valence-corrected chi connectivity index (χ1v) is 6.50. The van der Waals surface area contributed by atoms with Crippen LogP contribution in [0.3, 0.4) is 0 Å². The molecule has 96 valence electrons. The van der Waals surface area contributed by atoms with Gasteiger partial charge in [-0.25, -0.2) is 0 Å². The van der Waals surface area contributed by atoms with E-state index in [4.69, 9.17) is 0 Å². The maximum Gasteiger partial charge on any atom is 0.139 e.